The van der Waals surface area contributed by atoms with Crippen LogP contribution < -0.4 is 4.90 Å². The zero-order valence-electron chi connectivity index (χ0n) is 13.8. The minimum atomic E-state index is -1.32. The van der Waals surface area contributed by atoms with Gasteiger partial charge in [0.2, 0.25) is 11.8 Å². The van der Waals surface area contributed by atoms with Crippen molar-refractivity contribution < 1.29 is 9.59 Å². The number of anilines is 1. The molecule has 1 aliphatic heterocycles. The summed E-state index contributed by atoms with van der Waals surface area (Å²) in [6.45, 7) is 4.52. The average molecular weight is 390 g/mol. The molecule has 2 unspecified atom stereocenters. The number of nitrogens with zero attached hydrogens (tertiary/aromatic N) is 2. The summed E-state index contributed by atoms with van der Waals surface area (Å²) in [5.41, 5.74) is 3.00. The number of hydrogen-bond acceptors (Lipinski definition) is 2. The number of likely N-dealkylation sites (N-methyl/N-ethyl adjacent to an activating group) is 1. The van der Waals surface area contributed by atoms with Crippen LogP contribution in [0.25, 0.3) is 0 Å². The summed E-state index contributed by atoms with van der Waals surface area (Å²) in [4.78, 5) is 27.3. The Bertz CT molecular complexity index is 722. The van der Waals surface area contributed by atoms with Gasteiger partial charge < -0.3 is 9.80 Å². The summed E-state index contributed by atoms with van der Waals surface area (Å²) in [5.74, 6) is -0.495. The fourth-order valence-corrected chi connectivity index (χ4v) is 4.22. The van der Waals surface area contributed by atoms with Crippen molar-refractivity contribution in [2.24, 2.45) is 0 Å². The second-order valence-corrected chi connectivity index (χ2v) is 8.81. The van der Waals surface area contributed by atoms with Crippen molar-refractivity contribution in [2.75, 3.05) is 18.5 Å². The highest BCUT2D eigenvalue weighted by Gasteiger charge is 2.72. The molecule has 0 spiro atoms. The average Bonchev–Trinajstić information content (AvgIpc) is 2.85. The van der Waals surface area contributed by atoms with E-state index in [2.05, 4.69) is 0 Å². The number of rotatable bonds is 3. The van der Waals surface area contributed by atoms with Crippen molar-refractivity contribution >= 4 is 52.3 Å². The van der Waals surface area contributed by atoms with Gasteiger partial charge in [0.15, 0.2) is 4.87 Å². The maximum Gasteiger partial charge on any atom is 0.249 e. The predicted molar refractivity (Wildman–Crippen MR) is 97.1 cm³/mol. The van der Waals surface area contributed by atoms with Gasteiger partial charge in [-0.15, -0.1) is 11.6 Å². The molecule has 0 aromatic heterocycles. The second kappa shape index (κ2) is 5.79. The van der Waals surface area contributed by atoms with Crippen LogP contribution >= 0.6 is 34.8 Å². The Morgan fingerprint density at radius 3 is 2.50 bits per heavy atom. The monoisotopic (exact) mass is 388 g/mol. The highest BCUT2D eigenvalue weighted by Crippen LogP contribution is 2.62. The summed E-state index contributed by atoms with van der Waals surface area (Å²) in [6.07, 6.45) is 0.744. The van der Waals surface area contributed by atoms with Crippen molar-refractivity contribution in [3.63, 3.8) is 0 Å². The van der Waals surface area contributed by atoms with Crippen molar-refractivity contribution in [2.45, 2.75) is 41.9 Å². The van der Waals surface area contributed by atoms with E-state index in [-0.39, 0.29) is 12.3 Å². The Morgan fingerprint density at radius 2 is 1.92 bits per heavy atom. The Hall–Kier alpha value is -0.970. The fourth-order valence-electron chi connectivity index (χ4n) is 3.19. The molecule has 7 heteroatoms. The van der Waals surface area contributed by atoms with Crippen molar-refractivity contribution in [1.29, 1.82) is 0 Å². The van der Waals surface area contributed by atoms with Crippen LogP contribution in [0.4, 0.5) is 5.69 Å². The number of carbonyl (C=O) groups excluding carboxylic acids is 2. The zero-order valence-corrected chi connectivity index (χ0v) is 16.0. The number of amides is 2. The van der Waals surface area contributed by atoms with Gasteiger partial charge in [0.05, 0.1) is 0 Å². The molecule has 1 saturated heterocycles. The Morgan fingerprint density at radius 1 is 1.29 bits per heavy atom. The van der Waals surface area contributed by atoms with Crippen molar-refractivity contribution in [3.05, 3.63) is 29.3 Å². The predicted octanol–water partition coefficient (Wildman–Crippen LogP) is 3.42. The van der Waals surface area contributed by atoms with Gasteiger partial charge in [-0.25, -0.2) is 0 Å². The van der Waals surface area contributed by atoms with Gasteiger partial charge in [0.1, 0.15) is 10.4 Å². The summed E-state index contributed by atoms with van der Waals surface area (Å²) in [7, 11) is 1.59. The van der Waals surface area contributed by atoms with Gasteiger partial charge in [0, 0.05) is 25.7 Å². The van der Waals surface area contributed by atoms with Crippen LogP contribution in [0.3, 0.4) is 0 Å². The van der Waals surface area contributed by atoms with Crippen LogP contribution in [-0.2, 0) is 9.59 Å². The quantitative estimate of drug-likeness (QED) is 0.743. The van der Waals surface area contributed by atoms with E-state index in [4.69, 9.17) is 34.8 Å². The summed E-state index contributed by atoms with van der Waals surface area (Å²) in [5, 5.41) is 0. The third-order valence-electron chi connectivity index (χ3n) is 4.88. The Kier molecular flexibility index (Phi) is 4.30. The van der Waals surface area contributed by atoms with Gasteiger partial charge in [-0.1, -0.05) is 35.3 Å². The van der Waals surface area contributed by atoms with Crippen LogP contribution in [0.5, 0.6) is 0 Å². The van der Waals surface area contributed by atoms with Crippen LogP contribution in [0.2, 0.25) is 0 Å². The minimum Gasteiger partial charge on any atom is -0.332 e. The maximum absolute atomic E-state index is 12.8. The zero-order chi connectivity index (χ0) is 17.9. The van der Waals surface area contributed by atoms with Gasteiger partial charge in [-0.2, -0.15) is 0 Å². The third-order valence-corrected chi connectivity index (χ3v) is 6.60. The molecule has 2 fully saturated rings. The second-order valence-electron chi connectivity index (χ2n) is 6.68. The number of carbonyl (C=O) groups is 2. The maximum atomic E-state index is 12.8. The Labute approximate surface area is 156 Å². The molecule has 1 aromatic carbocycles. The molecule has 130 valence electrons. The Balaban J connectivity index is 1.79. The van der Waals surface area contributed by atoms with Crippen LogP contribution in [0, 0.1) is 13.8 Å². The highest BCUT2D eigenvalue weighted by molar-refractivity contribution is 6.62. The third kappa shape index (κ3) is 2.69. The van der Waals surface area contributed by atoms with E-state index < -0.39 is 21.2 Å². The largest absolute Gasteiger partial charge is 0.332 e. The van der Waals surface area contributed by atoms with Crippen LogP contribution in [-0.4, -0.2) is 45.6 Å². The first-order valence-corrected chi connectivity index (χ1v) is 8.94. The molecular formula is C17H19Cl3N2O2. The lowest BCUT2D eigenvalue weighted by molar-refractivity contribution is -0.137. The van der Waals surface area contributed by atoms with Gasteiger partial charge in [-0.3, -0.25) is 9.59 Å². The molecule has 0 radical (unpaired) electrons. The first-order chi connectivity index (χ1) is 11.1. The first-order valence-electron chi connectivity index (χ1n) is 7.81. The van der Waals surface area contributed by atoms with Crippen LogP contribution in [0.1, 0.15) is 24.0 Å². The van der Waals surface area contributed by atoms with Gasteiger partial charge in [0.25, 0.3) is 0 Å². The van der Waals surface area contributed by atoms with Crippen LogP contribution in [0.15, 0.2) is 18.2 Å². The van der Waals surface area contributed by atoms with E-state index in [0.717, 1.165) is 16.8 Å². The summed E-state index contributed by atoms with van der Waals surface area (Å²) >= 11 is 18.2. The van der Waals surface area contributed by atoms with Crippen molar-refractivity contribution in [1.82, 2.24) is 4.90 Å². The van der Waals surface area contributed by atoms with E-state index in [1.807, 2.05) is 32.0 Å². The van der Waals surface area contributed by atoms with Crippen molar-refractivity contribution in [3.8, 4) is 0 Å². The summed E-state index contributed by atoms with van der Waals surface area (Å²) in [6, 6.07) is 5.45. The first kappa shape index (κ1) is 17.8. The lowest BCUT2D eigenvalue weighted by atomic mass is 10.1. The number of hydrogen-bond donors (Lipinski definition) is 0. The van der Waals surface area contributed by atoms with E-state index in [9.17, 15) is 9.59 Å². The standard InChI is InChI=1S/C17H19Cl3N2O2/c1-10-4-5-11(2)13(8-10)22-7-6-12(14(22)23)21(3)15(24)16(18)9-17(16,19)20/h4-5,8,12H,6-7,9H2,1-3H3. The fraction of sp³-hybridized carbons (Fsp3) is 0.529. The lowest BCUT2D eigenvalue weighted by Gasteiger charge is -2.27. The molecule has 2 aliphatic rings. The number of alkyl halides is 3. The van der Waals surface area contributed by atoms with Gasteiger partial charge >= 0.3 is 0 Å². The number of aryl methyl sites for hydroxylation is 2. The van der Waals surface area contributed by atoms with E-state index in [1.165, 1.54) is 4.90 Å². The number of benzene rings is 1. The molecule has 0 bridgehead atoms. The molecule has 2 amide bonds. The molecule has 4 nitrogen and oxygen atoms in total. The molecule has 3 rings (SSSR count). The molecule has 1 saturated carbocycles. The molecule has 2 atom stereocenters. The van der Waals surface area contributed by atoms with Gasteiger partial charge in [-0.05, 0) is 37.5 Å². The number of halogens is 3. The van der Waals surface area contributed by atoms with E-state index >= 15 is 0 Å². The molecule has 1 aliphatic carbocycles. The SMILES string of the molecule is Cc1ccc(C)c(N2CCC(N(C)C(=O)C3(Cl)CC3(Cl)Cl)C2=O)c1. The van der Waals surface area contributed by atoms with E-state index in [1.54, 1.807) is 11.9 Å². The lowest BCUT2D eigenvalue weighted by Crippen LogP contribution is -2.47. The topological polar surface area (TPSA) is 40.6 Å². The summed E-state index contributed by atoms with van der Waals surface area (Å²) < 4.78 is -1.26. The molecule has 0 N–H and O–H groups in total. The normalized spacial score (nSPS) is 28.2. The molecular weight excluding hydrogens is 371 g/mol. The molecule has 1 aromatic rings. The molecule has 24 heavy (non-hydrogen) atoms. The van der Waals surface area contributed by atoms with E-state index in [0.29, 0.717) is 13.0 Å². The smallest absolute Gasteiger partial charge is 0.249 e. The molecule has 1 heterocycles. The highest BCUT2D eigenvalue weighted by atomic mass is 35.5. The minimum absolute atomic E-state index is 0.102.